The Balaban J connectivity index is 1.58. The Hall–Kier alpha value is -3.88. The summed E-state index contributed by atoms with van der Waals surface area (Å²) in [7, 11) is 1.62. The SMILES string of the molecule is COc1ccc(CC#Cc2ccc3c(c2)C(=O)/C(=C/c2ccc(F)c(Cl)c2)C(=O)N3)cc1. The molecule has 1 aliphatic heterocycles. The highest BCUT2D eigenvalue weighted by Gasteiger charge is 2.28. The van der Waals surface area contributed by atoms with Crippen LogP contribution >= 0.6 is 11.6 Å². The third-order valence-electron chi connectivity index (χ3n) is 4.94. The molecule has 0 bridgehead atoms. The van der Waals surface area contributed by atoms with Gasteiger partial charge in [-0.15, -0.1) is 0 Å². The van der Waals surface area contributed by atoms with Crippen molar-refractivity contribution in [3.8, 4) is 17.6 Å². The van der Waals surface area contributed by atoms with Gasteiger partial charge in [-0.3, -0.25) is 9.59 Å². The lowest BCUT2D eigenvalue weighted by molar-refractivity contribution is -0.112. The number of halogens is 2. The molecule has 3 aromatic rings. The fourth-order valence-corrected chi connectivity index (χ4v) is 3.44. The molecular weight excluding hydrogens is 429 g/mol. The highest BCUT2D eigenvalue weighted by Crippen LogP contribution is 2.28. The molecule has 4 rings (SSSR count). The van der Waals surface area contributed by atoms with E-state index in [1.807, 2.05) is 24.3 Å². The molecule has 1 heterocycles. The van der Waals surface area contributed by atoms with Gasteiger partial charge in [0, 0.05) is 17.5 Å². The fourth-order valence-electron chi connectivity index (χ4n) is 3.25. The van der Waals surface area contributed by atoms with Crippen molar-refractivity contribution in [3.63, 3.8) is 0 Å². The Morgan fingerprint density at radius 3 is 2.56 bits per heavy atom. The number of ether oxygens (including phenoxy) is 1. The standard InChI is InChI=1S/C26H17ClFNO3/c1-32-19-9-5-16(6-10-19)3-2-4-17-8-12-24-20(13-17)25(30)21(26(31)29-24)14-18-7-11-23(28)22(27)15-18/h5-15H,3H2,1H3,(H,29,31)/b21-14-. The Kier molecular flexibility index (Phi) is 6.07. The van der Waals surface area contributed by atoms with Crippen LogP contribution in [-0.2, 0) is 11.2 Å². The second kappa shape index (κ2) is 9.09. The Bertz CT molecular complexity index is 1320. The summed E-state index contributed by atoms with van der Waals surface area (Å²) in [6.45, 7) is 0. The van der Waals surface area contributed by atoms with Crippen LogP contribution in [0.1, 0.15) is 27.0 Å². The molecule has 0 unspecified atom stereocenters. The fraction of sp³-hybridized carbons (Fsp3) is 0.0769. The van der Waals surface area contributed by atoms with Crippen molar-refractivity contribution >= 4 is 35.1 Å². The first-order chi connectivity index (χ1) is 15.4. The van der Waals surface area contributed by atoms with Crippen molar-refractivity contribution in [3.05, 3.63) is 99.3 Å². The van der Waals surface area contributed by atoms with Gasteiger partial charge in [0.2, 0.25) is 5.78 Å². The van der Waals surface area contributed by atoms with Crippen molar-refractivity contribution in [1.29, 1.82) is 0 Å². The minimum absolute atomic E-state index is 0.0523. The molecule has 1 N–H and O–H groups in total. The average Bonchev–Trinajstić information content (AvgIpc) is 2.80. The number of Topliss-reactive ketones (excluding diaryl/α,β-unsaturated/α-hetero) is 1. The number of carbonyl (C=O) groups is 2. The van der Waals surface area contributed by atoms with Gasteiger partial charge in [0.05, 0.1) is 23.4 Å². The van der Waals surface area contributed by atoms with Gasteiger partial charge >= 0.3 is 0 Å². The number of anilines is 1. The highest BCUT2D eigenvalue weighted by molar-refractivity contribution is 6.36. The van der Waals surface area contributed by atoms with E-state index >= 15 is 0 Å². The molecule has 0 saturated heterocycles. The van der Waals surface area contributed by atoms with Crippen LogP contribution in [0.4, 0.5) is 10.1 Å². The molecule has 0 aromatic heterocycles. The largest absolute Gasteiger partial charge is 0.497 e. The first-order valence-electron chi connectivity index (χ1n) is 9.73. The number of rotatable bonds is 3. The van der Waals surface area contributed by atoms with Crippen LogP contribution in [0.2, 0.25) is 5.02 Å². The van der Waals surface area contributed by atoms with E-state index in [-0.39, 0.29) is 10.6 Å². The van der Waals surface area contributed by atoms with Crippen molar-refractivity contribution in [1.82, 2.24) is 0 Å². The van der Waals surface area contributed by atoms with Crippen molar-refractivity contribution < 1.29 is 18.7 Å². The number of carbonyl (C=O) groups excluding carboxylic acids is 2. The zero-order chi connectivity index (χ0) is 22.7. The number of hydrogen-bond donors (Lipinski definition) is 1. The van der Waals surface area contributed by atoms with Crippen molar-refractivity contribution in [2.75, 3.05) is 12.4 Å². The number of amides is 1. The summed E-state index contributed by atoms with van der Waals surface area (Å²) in [6, 6.07) is 16.7. The average molecular weight is 446 g/mol. The summed E-state index contributed by atoms with van der Waals surface area (Å²) in [5.74, 6) is 5.41. The molecule has 0 aliphatic carbocycles. The van der Waals surface area contributed by atoms with Crippen LogP contribution < -0.4 is 10.1 Å². The van der Waals surface area contributed by atoms with E-state index in [1.54, 1.807) is 25.3 Å². The van der Waals surface area contributed by atoms with Gasteiger partial charge in [-0.1, -0.05) is 41.6 Å². The summed E-state index contributed by atoms with van der Waals surface area (Å²) in [4.78, 5) is 25.4. The monoisotopic (exact) mass is 445 g/mol. The van der Waals surface area contributed by atoms with Gasteiger partial charge in [0.25, 0.3) is 5.91 Å². The molecule has 0 radical (unpaired) electrons. The van der Waals surface area contributed by atoms with E-state index in [9.17, 15) is 14.0 Å². The van der Waals surface area contributed by atoms with E-state index in [1.165, 1.54) is 24.3 Å². The second-order valence-corrected chi connectivity index (χ2v) is 7.51. The predicted octanol–water partition coefficient (Wildman–Crippen LogP) is 5.30. The van der Waals surface area contributed by atoms with Crippen LogP contribution in [0, 0.1) is 17.7 Å². The Labute approximate surface area is 189 Å². The normalized spacial score (nSPS) is 13.8. The predicted molar refractivity (Wildman–Crippen MR) is 122 cm³/mol. The first-order valence-corrected chi connectivity index (χ1v) is 10.1. The maximum absolute atomic E-state index is 13.4. The first kappa shape index (κ1) is 21.4. The molecule has 1 amide bonds. The second-order valence-electron chi connectivity index (χ2n) is 7.10. The van der Waals surface area contributed by atoms with Gasteiger partial charge in [-0.05, 0) is 59.7 Å². The minimum Gasteiger partial charge on any atom is -0.497 e. The summed E-state index contributed by atoms with van der Waals surface area (Å²) in [6.07, 6.45) is 1.94. The number of nitrogens with one attached hydrogen (secondary N) is 1. The van der Waals surface area contributed by atoms with Crippen molar-refractivity contribution in [2.24, 2.45) is 0 Å². The number of ketones is 1. The summed E-state index contributed by atoms with van der Waals surface area (Å²) >= 11 is 5.80. The zero-order valence-electron chi connectivity index (χ0n) is 17.0. The molecule has 0 saturated carbocycles. The lowest BCUT2D eigenvalue weighted by Crippen LogP contribution is -2.27. The molecule has 4 nitrogen and oxygen atoms in total. The van der Waals surface area contributed by atoms with Crippen LogP contribution in [0.3, 0.4) is 0 Å². The maximum atomic E-state index is 13.4. The molecule has 6 heteroatoms. The summed E-state index contributed by atoms with van der Waals surface area (Å²) in [5, 5.41) is 2.63. The lowest BCUT2D eigenvalue weighted by Gasteiger charge is -2.18. The quantitative estimate of drug-likeness (QED) is 0.338. The van der Waals surface area contributed by atoms with Crippen LogP contribution in [0.5, 0.6) is 5.75 Å². The molecule has 32 heavy (non-hydrogen) atoms. The van der Waals surface area contributed by atoms with E-state index in [0.717, 1.165) is 11.3 Å². The maximum Gasteiger partial charge on any atom is 0.259 e. The van der Waals surface area contributed by atoms with E-state index < -0.39 is 17.5 Å². The summed E-state index contributed by atoms with van der Waals surface area (Å²) in [5.41, 5.74) is 2.88. The van der Waals surface area contributed by atoms with E-state index in [0.29, 0.717) is 28.8 Å². The smallest absolute Gasteiger partial charge is 0.259 e. The minimum atomic E-state index is -0.573. The molecule has 1 aliphatic rings. The molecular formula is C26H17ClFNO3. The van der Waals surface area contributed by atoms with Crippen molar-refractivity contribution in [2.45, 2.75) is 6.42 Å². The molecule has 3 aromatic carbocycles. The van der Waals surface area contributed by atoms with Gasteiger partial charge in [-0.2, -0.15) is 0 Å². The summed E-state index contributed by atoms with van der Waals surface area (Å²) < 4.78 is 18.5. The third kappa shape index (κ3) is 4.56. The topological polar surface area (TPSA) is 55.4 Å². The molecule has 0 spiro atoms. The molecule has 0 fully saturated rings. The van der Waals surface area contributed by atoms with E-state index in [4.69, 9.17) is 16.3 Å². The highest BCUT2D eigenvalue weighted by atomic mass is 35.5. The van der Waals surface area contributed by atoms with Gasteiger partial charge < -0.3 is 10.1 Å². The molecule has 158 valence electrons. The van der Waals surface area contributed by atoms with Crippen LogP contribution in [-0.4, -0.2) is 18.8 Å². The van der Waals surface area contributed by atoms with E-state index in [2.05, 4.69) is 17.2 Å². The number of methoxy groups -OCH3 is 1. The van der Waals surface area contributed by atoms with Crippen LogP contribution in [0.15, 0.2) is 66.2 Å². The van der Waals surface area contributed by atoms with Gasteiger partial charge in [0.15, 0.2) is 0 Å². The van der Waals surface area contributed by atoms with Gasteiger partial charge in [-0.25, -0.2) is 4.39 Å². The Morgan fingerprint density at radius 2 is 1.84 bits per heavy atom. The van der Waals surface area contributed by atoms with Crippen LogP contribution in [0.25, 0.3) is 6.08 Å². The third-order valence-corrected chi connectivity index (χ3v) is 5.23. The number of fused-ring (bicyclic) bond motifs is 1. The Morgan fingerprint density at radius 1 is 1.06 bits per heavy atom. The number of benzene rings is 3. The van der Waals surface area contributed by atoms with Gasteiger partial charge in [0.1, 0.15) is 11.6 Å². The zero-order valence-corrected chi connectivity index (χ0v) is 17.8. The lowest BCUT2D eigenvalue weighted by atomic mass is 9.93. The number of hydrogen-bond acceptors (Lipinski definition) is 3. The molecule has 0 atom stereocenters.